The fourth-order valence-corrected chi connectivity index (χ4v) is 2.22. The molecular weight excluding hydrogens is 248 g/mol. The monoisotopic (exact) mass is 276 g/mol. The highest BCUT2D eigenvalue weighted by molar-refractivity contribution is 5.75. The average molecular weight is 276 g/mol. The smallest absolute Gasteiger partial charge is 0.221 e. The molecular formula is C17H28N2O. The highest BCUT2D eigenvalue weighted by Crippen LogP contribution is 2.15. The third kappa shape index (κ3) is 6.20. The number of amides is 1. The van der Waals surface area contributed by atoms with Gasteiger partial charge in [-0.2, -0.15) is 0 Å². The molecule has 0 aliphatic carbocycles. The van der Waals surface area contributed by atoms with E-state index in [0.717, 1.165) is 6.42 Å². The van der Waals surface area contributed by atoms with E-state index in [-0.39, 0.29) is 11.9 Å². The lowest BCUT2D eigenvalue weighted by Gasteiger charge is -2.15. The fourth-order valence-electron chi connectivity index (χ4n) is 2.22. The Morgan fingerprint density at radius 3 is 2.35 bits per heavy atom. The van der Waals surface area contributed by atoms with E-state index in [1.807, 2.05) is 6.92 Å². The number of rotatable bonds is 8. The van der Waals surface area contributed by atoms with Crippen LogP contribution < -0.4 is 10.6 Å². The Bertz CT molecular complexity index is 398. The summed E-state index contributed by atoms with van der Waals surface area (Å²) in [5.74, 6) is 0.799. The number of hydrogen-bond donors (Lipinski definition) is 2. The summed E-state index contributed by atoms with van der Waals surface area (Å²) in [6.45, 7) is 9.95. The van der Waals surface area contributed by atoms with Crippen LogP contribution in [0.15, 0.2) is 24.3 Å². The summed E-state index contributed by atoms with van der Waals surface area (Å²) in [6.07, 6.45) is 1.66. The lowest BCUT2D eigenvalue weighted by atomic mass is 10.00. The molecule has 0 aromatic heterocycles. The second-order valence-electron chi connectivity index (χ2n) is 5.72. The van der Waals surface area contributed by atoms with Gasteiger partial charge in [0.05, 0.1) is 0 Å². The van der Waals surface area contributed by atoms with Gasteiger partial charge in [0.15, 0.2) is 0 Å². The van der Waals surface area contributed by atoms with Crippen LogP contribution in [0.5, 0.6) is 0 Å². The van der Waals surface area contributed by atoms with Crippen LogP contribution in [0.25, 0.3) is 0 Å². The second kappa shape index (κ2) is 8.75. The van der Waals surface area contributed by atoms with Gasteiger partial charge < -0.3 is 10.6 Å². The van der Waals surface area contributed by atoms with Crippen LogP contribution in [-0.2, 0) is 11.2 Å². The first kappa shape index (κ1) is 16.7. The first-order valence-electron chi connectivity index (χ1n) is 7.61. The first-order valence-corrected chi connectivity index (χ1v) is 7.61. The summed E-state index contributed by atoms with van der Waals surface area (Å²) in [4.78, 5) is 11.4. The normalized spacial score (nSPS) is 12.4. The molecule has 1 aromatic carbocycles. The van der Waals surface area contributed by atoms with Crippen molar-refractivity contribution in [3.8, 4) is 0 Å². The van der Waals surface area contributed by atoms with Gasteiger partial charge in [0.2, 0.25) is 5.91 Å². The molecule has 0 aliphatic rings. The van der Waals surface area contributed by atoms with Crippen molar-refractivity contribution in [1.82, 2.24) is 10.6 Å². The van der Waals surface area contributed by atoms with Crippen LogP contribution in [0.3, 0.4) is 0 Å². The number of carbonyl (C=O) groups is 1. The fraction of sp³-hybridized carbons (Fsp3) is 0.588. The zero-order valence-electron chi connectivity index (χ0n) is 13.2. The summed E-state index contributed by atoms with van der Waals surface area (Å²) in [5.41, 5.74) is 2.66. The van der Waals surface area contributed by atoms with E-state index < -0.39 is 0 Å². The maximum absolute atomic E-state index is 11.4. The molecule has 0 heterocycles. The molecule has 1 atom stereocenters. The number of benzene rings is 1. The molecule has 0 spiro atoms. The number of hydrogen-bond acceptors (Lipinski definition) is 2. The molecule has 1 unspecified atom stereocenters. The van der Waals surface area contributed by atoms with Crippen LogP contribution in [0.2, 0.25) is 0 Å². The molecule has 0 radical (unpaired) electrons. The Kier molecular flexibility index (Phi) is 7.31. The summed E-state index contributed by atoms with van der Waals surface area (Å²) < 4.78 is 0. The molecule has 0 saturated carbocycles. The van der Waals surface area contributed by atoms with Crippen LogP contribution >= 0.6 is 0 Å². The minimum atomic E-state index is 0.111. The zero-order valence-corrected chi connectivity index (χ0v) is 13.2. The van der Waals surface area contributed by atoms with Gasteiger partial charge in [0.25, 0.3) is 0 Å². The van der Waals surface area contributed by atoms with Crippen LogP contribution in [0, 0.1) is 5.92 Å². The molecule has 0 fully saturated rings. The Morgan fingerprint density at radius 1 is 1.15 bits per heavy atom. The van der Waals surface area contributed by atoms with Crippen molar-refractivity contribution in [2.75, 3.05) is 13.1 Å². The molecule has 0 aliphatic heterocycles. The second-order valence-corrected chi connectivity index (χ2v) is 5.72. The van der Waals surface area contributed by atoms with Gasteiger partial charge in [-0.15, -0.1) is 0 Å². The summed E-state index contributed by atoms with van der Waals surface area (Å²) in [5, 5.41) is 6.19. The van der Waals surface area contributed by atoms with Crippen molar-refractivity contribution >= 4 is 5.91 Å². The Balaban J connectivity index is 2.39. The highest BCUT2D eigenvalue weighted by Gasteiger charge is 2.06. The van der Waals surface area contributed by atoms with Gasteiger partial charge in [0.1, 0.15) is 0 Å². The highest BCUT2D eigenvalue weighted by atomic mass is 16.1. The molecule has 0 bridgehead atoms. The zero-order chi connectivity index (χ0) is 15.0. The standard InChI is InChI=1S/C17H28N2O/c1-5-18-17(20)10-11-19-14(4)16-8-6-15(7-9-16)12-13(2)3/h6-9,13-14,19H,5,10-12H2,1-4H3,(H,18,20). The predicted octanol–water partition coefficient (Wildman–Crippen LogP) is 3.06. The molecule has 3 heteroatoms. The summed E-state index contributed by atoms with van der Waals surface area (Å²) in [6, 6.07) is 9.05. The minimum absolute atomic E-state index is 0.111. The molecule has 0 saturated heterocycles. The summed E-state index contributed by atoms with van der Waals surface area (Å²) in [7, 11) is 0. The first-order chi connectivity index (χ1) is 9.52. The topological polar surface area (TPSA) is 41.1 Å². The van der Waals surface area contributed by atoms with Gasteiger partial charge in [0, 0.05) is 25.6 Å². The molecule has 2 N–H and O–H groups in total. The van der Waals surface area contributed by atoms with Gasteiger partial charge in [-0.1, -0.05) is 38.1 Å². The Morgan fingerprint density at radius 2 is 1.80 bits per heavy atom. The van der Waals surface area contributed by atoms with E-state index in [9.17, 15) is 4.79 Å². The van der Waals surface area contributed by atoms with Gasteiger partial charge >= 0.3 is 0 Å². The van der Waals surface area contributed by atoms with Crippen molar-refractivity contribution in [2.45, 2.75) is 46.6 Å². The third-order valence-corrected chi connectivity index (χ3v) is 3.30. The van der Waals surface area contributed by atoms with Crippen LogP contribution in [0.4, 0.5) is 0 Å². The molecule has 3 nitrogen and oxygen atoms in total. The van der Waals surface area contributed by atoms with E-state index in [1.165, 1.54) is 11.1 Å². The molecule has 1 rings (SSSR count). The Labute approximate surface area is 123 Å². The van der Waals surface area contributed by atoms with Crippen molar-refractivity contribution in [3.05, 3.63) is 35.4 Å². The van der Waals surface area contributed by atoms with E-state index in [1.54, 1.807) is 0 Å². The minimum Gasteiger partial charge on any atom is -0.356 e. The lowest BCUT2D eigenvalue weighted by molar-refractivity contribution is -0.120. The largest absolute Gasteiger partial charge is 0.356 e. The predicted molar refractivity (Wildman–Crippen MR) is 84.7 cm³/mol. The SMILES string of the molecule is CCNC(=O)CCNC(C)c1ccc(CC(C)C)cc1. The van der Waals surface area contributed by atoms with Gasteiger partial charge in [-0.05, 0) is 37.3 Å². The number of nitrogens with one attached hydrogen (secondary N) is 2. The molecule has 1 aromatic rings. The van der Waals surface area contributed by atoms with Crippen molar-refractivity contribution < 1.29 is 4.79 Å². The van der Waals surface area contributed by atoms with E-state index in [2.05, 4.69) is 55.7 Å². The third-order valence-electron chi connectivity index (χ3n) is 3.30. The van der Waals surface area contributed by atoms with Gasteiger partial charge in [-0.25, -0.2) is 0 Å². The van der Waals surface area contributed by atoms with E-state index in [0.29, 0.717) is 25.4 Å². The molecule has 20 heavy (non-hydrogen) atoms. The molecule has 112 valence electrons. The van der Waals surface area contributed by atoms with Gasteiger partial charge in [-0.3, -0.25) is 4.79 Å². The molecule has 1 amide bonds. The van der Waals surface area contributed by atoms with Crippen molar-refractivity contribution in [1.29, 1.82) is 0 Å². The Hall–Kier alpha value is -1.35. The van der Waals surface area contributed by atoms with Crippen molar-refractivity contribution in [3.63, 3.8) is 0 Å². The van der Waals surface area contributed by atoms with Crippen LogP contribution in [-0.4, -0.2) is 19.0 Å². The summed E-state index contributed by atoms with van der Waals surface area (Å²) >= 11 is 0. The quantitative estimate of drug-likeness (QED) is 0.766. The van der Waals surface area contributed by atoms with Crippen LogP contribution in [0.1, 0.15) is 51.3 Å². The number of carbonyl (C=O) groups excluding carboxylic acids is 1. The van der Waals surface area contributed by atoms with E-state index in [4.69, 9.17) is 0 Å². The maximum Gasteiger partial charge on any atom is 0.221 e. The maximum atomic E-state index is 11.4. The average Bonchev–Trinajstić information content (AvgIpc) is 2.39. The lowest BCUT2D eigenvalue weighted by Crippen LogP contribution is -2.28. The van der Waals surface area contributed by atoms with E-state index >= 15 is 0 Å². The van der Waals surface area contributed by atoms with Crippen molar-refractivity contribution in [2.24, 2.45) is 5.92 Å².